The van der Waals surface area contributed by atoms with Gasteiger partial charge in [0.25, 0.3) is 5.56 Å². The third-order valence-corrected chi connectivity index (χ3v) is 7.60. The highest BCUT2D eigenvalue weighted by Gasteiger charge is 2.23. The lowest BCUT2D eigenvalue weighted by molar-refractivity contribution is 0.157. The number of aromatic nitrogens is 2. The first kappa shape index (κ1) is 24.1. The topological polar surface area (TPSA) is 50.3 Å². The molecule has 1 aliphatic rings. The highest BCUT2D eigenvalue weighted by molar-refractivity contribution is 6.31. The van der Waals surface area contributed by atoms with Gasteiger partial charge in [-0.05, 0) is 79.9 Å². The van der Waals surface area contributed by atoms with Crippen LogP contribution in [0.4, 0.5) is 0 Å². The second kappa shape index (κ2) is 10.0. The van der Waals surface area contributed by atoms with E-state index in [1.807, 2.05) is 13.1 Å². The van der Waals surface area contributed by atoms with Gasteiger partial charge in [0, 0.05) is 50.0 Å². The van der Waals surface area contributed by atoms with E-state index in [0.717, 1.165) is 55.0 Å². The second-order valence-corrected chi connectivity index (χ2v) is 10.1. The van der Waals surface area contributed by atoms with Gasteiger partial charge in [0.2, 0.25) is 0 Å². The van der Waals surface area contributed by atoms with Crippen LogP contribution in [0.3, 0.4) is 0 Å². The van der Waals surface area contributed by atoms with E-state index in [2.05, 4.69) is 41.9 Å². The minimum atomic E-state index is -0.157. The SMILES string of the molecule is COCCCN1CCC(c2ccc3[nH]c(-c4cn(C)c(=O)c(Cl)c4C)c(C(C)C)c3c2)CC1. The van der Waals surface area contributed by atoms with Crippen molar-refractivity contribution in [3.8, 4) is 11.3 Å². The molecule has 3 heterocycles. The molecular weight excluding hydrogens is 434 g/mol. The van der Waals surface area contributed by atoms with Crippen LogP contribution in [0.15, 0.2) is 29.2 Å². The lowest BCUT2D eigenvalue weighted by Crippen LogP contribution is -2.34. The average Bonchev–Trinajstić information content (AvgIpc) is 3.19. The number of nitrogens with one attached hydrogen (secondary N) is 1. The molecule has 178 valence electrons. The van der Waals surface area contributed by atoms with Gasteiger partial charge in [0.1, 0.15) is 5.02 Å². The van der Waals surface area contributed by atoms with Crippen molar-refractivity contribution >= 4 is 22.5 Å². The number of piperidine rings is 1. The Hall–Kier alpha value is -2.08. The fourth-order valence-corrected chi connectivity index (χ4v) is 5.49. The Morgan fingerprint density at radius 1 is 1.24 bits per heavy atom. The van der Waals surface area contributed by atoms with Crippen molar-refractivity contribution < 1.29 is 4.74 Å². The first-order valence-corrected chi connectivity index (χ1v) is 12.4. The molecule has 2 aromatic heterocycles. The number of fused-ring (bicyclic) bond motifs is 1. The number of halogens is 1. The Kier molecular flexibility index (Phi) is 7.32. The number of aromatic amines is 1. The molecule has 3 aromatic rings. The number of benzene rings is 1. The van der Waals surface area contributed by atoms with Crippen LogP contribution in [-0.4, -0.2) is 47.8 Å². The van der Waals surface area contributed by atoms with Crippen molar-refractivity contribution in [3.05, 3.63) is 56.5 Å². The van der Waals surface area contributed by atoms with Crippen LogP contribution in [-0.2, 0) is 11.8 Å². The fourth-order valence-electron chi connectivity index (χ4n) is 5.25. The first-order chi connectivity index (χ1) is 15.8. The van der Waals surface area contributed by atoms with Gasteiger partial charge in [-0.15, -0.1) is 0 Å². The van der Waals surface area contributed by atoms with Gasteiger partial charge in [0.05, 0.1) is 5.69 Å². The summed E-state index contributed by atoms with van der Waals surface area (Å²) in [5, 5.41) is 1.57. The molecule has 6 heteroatoms. The molecule has 0 atom stereocenters. The standard InChI is InChI=1S/C27H36ClN3O2/c1-17(2)24-21-15-20(19-9-12-31(13-10-19)11-6-14-33-5)7-8-23(21)29-26(24)22-16-30(4)27(32)25(28)18(22)3/h7-8,15-17,19,29H,6,9-14H2,1-5H3. The predicted molar refractivity (Wildman–Crippen MR) is 138 cm³/mol. The van der Waals surface area contributed by atoms with Gasteiger partial charge in [0.15, 0.2) is 0 Å². The van der Waals surface area contributed by atoms with E-state index in [0.29, 0.717) is 16.9 Å². The van der Waals surface area contributed by atoms with Crippen LogP contribution in [0.1, 0.15) is 61.6 Å². The molecule has 0 amide bonds. The highest BCUT2D eigenvalue weighted by Crippen LogP contribution is 2.39. The van der Waals surface area contributed by atoms with E-state index in [4.69, 9.17) is 16.3 Å². The molecule has 5 nitrogen and oxygen atoms in total. The Labute approximate surface area is 201 Å². The number of aryl methyl sites for hydroxylation is 1. The number of H-pyrrole nitrogens is 1. The lowest BCUT2D eigenvalue weighted by atomic mass is 9.87. The Balaban J connectivity index is 1.67. The van der Waals surface area contributed by atoms with Crippen molar-refractivity contribution in [2.24, 2.45) is 7.05 Å². The molecule has 0 spiro atoms. The highest BCUT2D eigenvalue weighted by atomic mass is 35.5. The Bertz CT molecular complexity index is 1190. The molecule has 0 bridgehead atoms. The molecule has 1 aliphatic heterocycles. The van der Waals surface area contributed by atoms with Crippen molar-refractivity contribution in [2.75, 3.05) is 33.4 Å². The molecule has 0 aliphatic carbocycles. The zero-order valence-electron chi connectivity index (χ0n) is 20.5. The van der Waals surface area contributed by atoms with Gasteiger partial charge >= 0.3 is 0 Å². The Morgan fingerprint density at radius 2 is 1.97 bits per heavy atom. The smallest absolute Gasteiger partial charge is 0.269 e. The largest absolute Gasteiger partial charge is 0.385 e. The van der Waals surface area contributed by atoms with Crippen molar-refractivity contribution in [1.29, 1.82) is 0 Å². The van der Waals surface area contributed by atoms with Gasteiger partial charge in [-0.2, -0.15) is 0 Å². The maximum atomic E-state index is 12.3. The maximum absolute atomic E-state index is 12.3. The van der Waals surface area contributed by atoms with E-state index < -0.39 is 0 Å². The first-order valence-electron chi connectivity index (χ1n) is 12.0. The summed E-state index contributed by atoms with van der Waals surface area (Å²) in [4.78, 5) is 18.5. The molecule has 1 saturated heterocycles. The number of likely N-dealkylation sites (tertiary alicyclic amines) is 1. The van der Waals surface area contributed by atoms with Crippen LogP contribution >= 0.6 is 11.6 Å². The second-order valence-electron chi connectivity index (χ2n) is 9.73. The van der Waals surface area contributed by atoms with E-state index in [-0.39, 0.29) is 5.56 Å². The molecule has 1 aromatic carbocycles. The van der Waals surface area contributed by atoms with Crippen LogP contribution in [0.5, 0.6) is 0 Å². The zero-order valence-corrected chi connectivity index (χ0v) is 21.3. The average molecular weight is 470 g/mol. The Morgan fingerprint density at radius 3 is 2.64 bits per heavy atom. The van der Waals surface area contributed by atoms with E-state index >= 15 is 0 Å². The molecule has 0 unspecified atom stereocenters. The summed E-state index contributed by atoms with van der Waals surface area (Å²) in [5.74, 6) is 0.933. The number of methoxy groups -OCH3 is 1. The molecule has 1 fully saturated rings. The fraction of sp³-hybridized carbons (Fsp3) is 0.519. The number of pyridine rings is 1. The number of hydrogen-bond acceptors (Lipinski definition) is 3. The molecule has 4 rings (SSSR count). The summed E-state index contributed by atoms with van der Waals surface area (Å²) in [6, 6.07) is 6.91. The van der Waals surface area contributed by atoms with Gasteiger partial charge in [-0.3, -0.25) is 4.79 Å². The van der Waals surface area contributed by atoms with Crippen LogP contribution in [0, 0.1) is 6.92 Å². The summed E-state index contributed by atoms with van der Waals surface area (Å²) in [6.45, 7) is 10.7. The summed E-state index contributed by atoms with van der Waals surface area (Å²) in [7, 11) is 3.53. The maximum Gasteiger partial charge on any atom is 0.269 e. The summed E-state index contributed by atoms with van der Waals surface area (Å²) >= 11 is 6.39. The molecule has 1 N–H and O–H groups in total. The van der Waals surface area contributed by atoms with E-state index in [1.54, 1.807) is 18.7 Å². The quantitative estimate of drug-likeness (QED) is 0.442. The van der Waals surface area contributed by atoms with Crippen LogP contribution in [0.25, 0.3) is 22.2 Å². The van der Waals surface area contributed by atoms with Crippen LogP contribution in [0.2, 0.25) is 5.02 Å². The zero-order chi connectivity index (χ0) is 23.7. The minimum Gasteiger partial charge on any atom is -0.385 e. The molecule has 0 radical (unpaired) electrons. The predicted octanol–water partition coefficient (Wildman–Crippen LogP) is 5.83. The summed E-state index contributed by atoms with van der Waals surface area (Å²) < 4.78 is 6.78. The number of ether oxygens (including phenoxy) is 1. The van der Waals surface area contributed by atoms with Crippen molar-refractivity contribution in [3.63, 3.8) is 0 Å². The van der Waals surface area contributed by atoms with Crippen molar-refractivity contribution in [1.82, 2.24) is 14.5 Å². The number of nitrogens with zero attached hydrogens (tertiary/aromatic N) is 2. The molecule has 0 saturated carbocycles. The lowest BCUT2D eigenvalue weighted by Gasteiger charge is -2.32. The number of hydrogen-bond donors (Lipinski definition) is 1. The van der Waals surface area contributed by atoms with Crippen LogP contribution < -0.4 is 5.56 Å². The van der Waals surface area contributed by atoms with Gasteiger partial charge in [-0.1, -0.05) is 31.5 Å². The third-order valence-electron chi connectivity index (χ3n) is 7.16. The van der Waals surface area contributed by atoms with Crippen molar-refractivity contribution in [2.45, 2.75) is 51.9 Å². The van der Waals surface area contributed by atoms with Gasteiger partial charge < -0.3 is 19.2 Å². The summed E-state index contributed by atoms with van der Waals surface area (Å²) in [5.41, 5.74) is 6.60. The van der Waals surface area contributed by atoms with E-state index in [9.17, 15) is 4.79 Å². The van der Waals surface area contributed by atoms with E-state index in [1.165, 1.54) is 29.4 Å². The summed E-state index contributed by atoms with van der Waals surface area (Å²) in [6.07, 6.45) is 5.40. The van der Waals surface area contributed by atoms with Gasteiger partial charge in [-0.25, -0.2) is 0 Å². The normalized spacial score (nSPS) is 15.7. The third kappa shape index (κ3) is 4.77. The monoisotopic (exact) mass is 469 g/mol. The molecule has 33 heavy (non-hydrogen) atoms. The number of rotatable bonds is 7. The minimum absolute atomic E-state index is 0.157. The molecular formula is C27H36ClN3O2.